The maximum Gasteiger partial charge on any atom is 0.341 e. The molecule has 2 aromatic heterocycles. The van der Waals surface area contributed by atoms with Gasteiger partial charge in [-0.1, -0.05) is 18.2 Å². The van der Waals surface area contributed by atoms with Gasteiger partial charge in [0.25, 0.3) is 0 Å². The predicted octanol–water partition coefficient (Wildman–Crippen LogP) is 5.13. The number of hydrogen-bond acceptors (Lipinski definition) is 6. The van der Waals surface area contributed by atoms with Crippen molar-refractivity contribution in [3.8, 4) is 16.2 Å². The van der Waals surface area contributed by atoms with Crippen LogP contribution in [0, 0.1) is 0 Å². The zero-order valence-corrected chi connectivity index (χ0v) is 22.3. The average molecular weight is 551 g/mol. The van der Waals surface area contributed by atoms with Crippen molar-refractivity contribution in [1.29, 1.82) is 0 Å². The molecule has 10 heteroatoms. The van der Waals surface area contributed by atoms with Crippen LogP contribution in [0.4, 0.5) is 0 Å². The van der Waals surface area contributed by atoms with E-state index < -0.39 is 21.4 Å². The molecule has 1 saturated carbocycles. The minimum absolute atomic E-state index is 0.119. The lowest BCUT2D eigenvalue weighted by Crippen LogP contribution is -2.30. The lowest BCUT2D eigenvalue weighted by atomic mass is 9.94. The van der Waals surface area contributed by atoms with Crippen molar-refractivity contribution < 1.29 is 23.1 Å². The Morgan fingerprint density at radius 1 is 1.13 bits per heavy atom. The molecule has 0 aliphatic heterocycles. The molecule has 0 radical (unpaired) electrons. The molecule has 8 nitrogen and oxygen atoms in total. The Balaban J connectivity index is 1.45. The first kappa shape index (κ1) is 24.8. The zero-order valence-electron chi connectivity index (χ0n) is 20.6. The maximum absolute atomic E-state index is 13.0. The van der Waals surface area contributed by atoms with Gasteiger partial charge in [-0.3, -0.25) is 4.79 Å². The van der Waals surface area contributed by atoms with Crippen LogP contribution in [-0.2, 0) is 16.4 Å². The van der Waals surface area contributed by atoms with Crippen LogP contribution < -0.4 is 14.9 Å². The van der Waals surface area contributed by atoms with E-state index in [0.29, 0.717) is 23.1 Å². The highest BCUT2D eigenvalue weighted by atomic mass is 32.2. The molecule has 0 amide bonds. The van der Waals surface area contributed by atoms with E-state index in [4.69, 9.17) is 4.74 Å². The minimum Gasteiger partial charge on any atom is -0.494 e. The van der Waals surface area contributed by atoms with Crippen LogP contribution in [0.25, 0.3) is 21.3 Å². The number of fused-ring (bicyclic) bond motifs is 2. The quantitative estimate of drug-likeness (QED) is 0.330. The Morgan fingerprint density at radius 3 is 2.58 bits per heavy atom. The molecule has 2 heterocycles. The SMILES string of the molecule is COc1c(-c2cc3c(s2)CCCC3NS(=O)(=O)c2ccccc2)ccc2c(=O)c(C(=O)O)cn(C3CC3)c12. The molecule has 2 aromatic carbocycles. The number of aromatic nitrogens is 1. The van der Waals surface area contributed by atoms with Gasteiger partial charge in [-0.15, -0.1) is 11.3 Å². The lowest BCUT2D eigenvalue weighted by Gasteiger charge is -2.23. The number of thiophene rings is 1. The van der Waals surface area contributed by atoms with Crippen LogP contribution in [-0.4, -0.2) is 31.2 Å². The molecule has 1 atom stereocenters. The van der Waals surface area contributed by atoms with E-state index in [0.717, 1.165) is 46.6 Å². The molecular formula is C28H26N2O6S2. The molecule has 2 N–H and O–H groups in total. The fraction of sp³-hybridized carbons (Fsp3) is 0.286. The largest absolute Gasteiger partial charge is 0.494 e. The van der Waals surface area contributed by atoms with Gasteiger partial charge in [0.2, 0.25) is 15.5 Å². The number of hydrogen-bond donors (Lipinski definition) is 2. The van der Waals surface area contributed by atoms with E-state index >= 15 is 0 Å². The first-order valence-electron chi connectivity index (χ1n) is 12.5. The number of pyridine rings is 1. The number of nitrogens with one attached hydrogen (secondary N) is 1. The van der Waals surface area contributed by atoms with Crippen LogP contribution in [0.3, 0.4) is 0 Å². The lowest BCUT2D eigenvalue weighted by molar-refractivity contribution is 0.0694. The summed E-state index contributed by atoms with van der Waals surface area (Å²) in [7, 11) is -2.13. The van der Waals surface area contributed by atoms with Gasteiger partial charge >= 0.3 is 5.97 Å². The smallest absolute Gasteiger partial charge is 0.341 e. The van der Waals surface area contributed by atoms with E-state index in [-0.39, 0.29) is 22.5 Å². The van der Waals surface area contributed by atoms with E-state index in [9.17, 15) is 23.1 Å². The second-order valence-electron chi connectivity index (χ2n) is 9.73. The topological polar surface area (TPSA) is 115 Å². The van der Waals surface area contributed by atoms with Gasteiger partial charge in [0.15, 0.2) is 5.75 Å². The van der Waals surface area contributed by atoms with Gasteiger partial charge in [0, 0.05) is 33.6 Å². The fourth-order valence-corrected chi connectivity index (χ4v) is 7.84. The molecule has 196 valence electrons. The van der Waals surface area contributed by atoms with Crippen LogP contribution in [0.15, 0.2) is 64.4 Å². The summed E-state index contributed by atoms with van der Waals surface area (Å²) >= 11 is 1.60. The number of benzene rings is 2. The highest BCUT2D eigenvalue weighted by Crippen LogP contribution is 2.46. The van der Waals surface area contributed by atoms with Crippen molar-refractivity contribution in [2.75, 3.05) is 7.11 Å². The number of ether oxygens (including phenoxy) is 1. The number of aromatic carboxylic acids is 1. The highest BCUT2D eigenvalue weighted by molar-refractivity contribution is 7.89. The maximum atomic E-state index is 13.0. The van der Waals surface area contributed by atoms with Gasteiger partial charge in [-0.2, -0.15) is 0 Å². The summed E-state index contributed by atoms with van der Waals surface area (Å²) in [5.41, 5.74) is 1.56. The monoisotopic (exact) mass is 550 g/mol. The molecular weight excluding hydrogens is 524 g/mol. The molecule has 2 aliphatic rings. The fourth-order valence-electron chi connectivity index (χ4n) is 5.28. The summed E-state index contributed by atoms with van der Waals surface area (Å²) in [4.78, 5) is 27.0. The first-order chi connectivity index (χ1) is 18.3. The number of carboxylic acids is 1. The van der Waals surface area contributed by atoms with Crippen LogP contribution in [0.5, 0.6) is 5.75 Å². The Bertz CT molecular complexity index is 1740. The number of aryl methyl sites for hydroxylation is 1. The third kappa shape index (κ3) is 4.22. The Kier molecular flexibility index (Phi) is 6.13. The number of sulfonamides is 1. The van der Waals surface area contributed by atoms with Crippen molar-refractivity contribution >= 4 is 38.2 Å². The first-order valence-corrected chi connectivity index (χ1v) is 14.8. The highest BCUT2D eigenvalue weighted by Gasteiger charge is 2.31. The van der Waals surface area contributed by atoms with Crippen LogP contribution in [0.2, 0.25) is 0 Å². The number of carbonyl (C=O) groups is 1. The van der Waals surface area contributed by atoms with E-state index in [1.165, 1.54) is 6.20 Å². The summed E-state index contributed by atoms with van der Waals surface area (Å²) in [6.07, 6.45) is 5.66. The Morgan fingerprint density at radius 2 is 1.89 bits per heavy atom. The number of nitrogens with zero attached hydrogens (tertiary/aromatic N) is 1. The molecule has 38 heavy (non-hydrogen) atoms. The standard InChI is InChI=1S/C28H26N2O6S2/c1-36-27-18(12-13-19-25(27)30(16-10-11-16)15-21(26(19)31)28(32)33)24-14-20-22(8-5-9-23(20)37-24)29-38(34,35)17-6-3-2-4-7-17/h2-4,6-7,12-16,22,29H,5,8-11H2,1H3,(H,32,33). The van der Waals surface area contributed by atoms with Crippen molar-refractivity contribution in [1.82, 2.24) is 9.29 Å². The van der Waals surface area contributed by atoms with Crippen molar-refractivity contribution in [3.05, 3.63) is 81.0 Å². The van der Waals surface area contributed by atoms with Gasteiger partial charge in [0.1, 0.15) is 5.56 Å². The summed E-state index contributed by atoms with van der Waals surface area (Å²) in [5.74, 6) is -0.729. The molecule has 0 spiro atoms. The van der Waals surface area contributed by atoms with Gasteiger partial charge in [0.05, 0.1) is 22.9 Å². The molecule has 1 fully saturated rings. The molecule has 1 unspecified atom stereocenters. The minimum atomic E-state index is -3.68. The van der Waals surface area contributed by atoms with Crippen LogP contribution >= 0.6 is 11.3 Å². The number of carboxylic acid groups (broad SMARTS) is 1. The van der Waals surface area contributed by atoms with Gasteiger partial charge in [-0.25, -0.2) is 17.9 Å². The second-order valence-corrected chi connectivity index (χ2v) is 12.6. The number of methoxy groups -OCH3 is 1. The van der Waals surface area contributed by atoms with Crippen molar-refractivity contribution in [2.45, 2.75) is 49.1 Å². The molecule has 0 saturated heterocycles. The predicted molar refractivity (Wildman–Crippen MR) is 146 cm³/mol. The molecule has 6 rings (SSSR count). The zero-order chi connectivity index (χ0) is 26.6. The third-order valence-corrected chi connectivity index (χ3v) is 9.98. The van der Waals surface area contributed by atoms with E-state index in [1.807, 2.05) is 10.6 Å². The molecule has 4 aromatic rings. The summed E-state index contributed by atoms with van der Waals surface area (Å²) in [5, 5.41) is 9.90. The normalized spacial score (nSPS) is 17.3. The Labute approximate surface area is 223 Å². The summed E-state index contributed by atoms with van der Waals surface area (Å²) in [6, 6.07) is 13.6. The van der Waals surface area contributed by atoms with E-state index in [1.54, 1.807) is 60.9 Å². The summed E-state index contributed by atoms with van der Waals surface area (Å²) in [6.45, 7) is 0. The summed E-state index contributed by atoms with van der Waals surface area (Å²) < 4.78 is 36.7. The van der Waals surface area contributed by atoms with Gasteiger partial charge in [-0.05, 0) is 68.0 Å². The van der Waals surface area contributed by atoms with Crippen LogP contribution in [0.1, 0.15) is 58.6 Å². The van der Waals surface area contributed by atoms with E-state index in [2.05, 4.69) is 4.72 Å². The van der Waals surface area contributed by atoms with Gasteiger partial charge < -0.3 is 14.4 Å². The second kappa shape index (κ2) is 9.37. The average Bonchev–Trinajstić information content (AvgIpc) is 3.66. The Hall–Kier alpha value is -3.47. The third-order valence-electron chi connectivity index (χ3n) is 7.25. The van der Waals surface area contributed by atoms with Crippen molar-refractivity contribution in [3.63, 3.8) is 0 Å². The number of rotatable bonds is 7. The van der Waals surface area contributed by atoms with Crippen molar-refractivity contribution in [2.24, 2.45) is 0 Å². The molecule has 0 bridgehead atoms. The molecule has 2 aliphatic carbocycles.